The van der Waals surface area contributed by atoms with E-state index in [0.29, 0.717) is 28.6 Å². The molecule has 9 heteroatoms. The van der Waals surface area contributed by atoms with Crippen LogP contribution in [0.2, 0.25) is 0 Å². The van der Waals surface area contributed by atoms with Crippen molar-refractivity contribution in [1.82, 2.24) is 30.4 Å². The Hall–Kier alpha value is -2.52. The lowest BCUT2D eigenvalue weighted by Crippen LogP contribution is -2.00. The first-order valence-electron chi connectivity index (χ1n) is 8.08. The number of aromatic nitrogens is 6. The largest absolute Gasteiger partial charge is 0.419 e. The van der Waals surface area contributed by atoms with Crippen LogP contribution >= 0.6 is 23.1 Å². The molecule has 4 rings (SSSR count). The highest BCUT2D eigenvalue weighted by Crippen LogP contribution is 2.26. The molecule has 0 saturated heterocycles. The SMILES string of the molecule is CC(C)c1ccc(-n2nnnc2SCc2nnc(-c3cccs3)o2)cc1. The summed E-state index contributed by atoms with van der Waals surface area (Å²) >= 11 is 3.03. The van der Waals surface area contributed by atoms with Gasteiger partial charge in [-0.3, -0.25) is 0 Å². The third-order valence-electron chi connectivity index (χ3n) is 3.77. The molecule has 3 heterocycles. The van der Waals surface area contributed by atoms with Crippen LogP contribution in [0.15, 0.2) is 51.4 Å². The van der Waals surface area contributed by atoms with Gasteiger partial charge in [0, 0.05) is 0 Å². The zero-order chi connectivity index (χ0) is 17.9. The first-order valence-corrected chi connectivity index (χ1v) is 9.95. The van der Waals surface area contributed by atoms with E-state index in [1.165, 1.54) is 17.3 Å². The molecule has 26 heavy (non-hydrogen) atoms. The summed E-state index contributed by atoms with van der Waals surface area (Å²) in [6.07, 6.45) is 0. The van der Waals surface area contributed by atoms with Gasteiger partial charge in [0.2, 0.25) is 11.0 Å². The van der Waals surface area contributed by atoms with Gasteiger partial charge in [0.15, 0.2) is 0 Å². The fraction of sp³-hybridized carbons (Fsp3) is 0.235. The fourth-order valence-electron chi connectivity index (χ4n) is 2.37. The number of rotatable bonds is 6. The Labute approximate surface area is 158 Å². The maximum atomic E-state index is 5.70. The molecule has 132 valence electrons. The van der Waals surface area contributed by atoms with Gasteiger partial charge in [0.25, 0.3) is 5.89 Å². The Balaban J connectivity index is 1.47. The van der Waals surface area contributed by atoms with E-state index >= 15 is 0 Å². The maximum absolute atomic E-state index is 5.70. The number of thiophene rings is 1. The van der Waals surface area contributed by atoms with E-state index < -0.39 is 0 Å². The van der Waals surface area contributed by atoms with Crippen LogP contribution in [0.1, 0.15) is 31.2 Å². The summed E-state index contributed by atoms with van der Waals surface area (Å²) in [7, 11) is 0. The Morgan fingerprint density at radius 1 is 1.12 bits per heavy atom. The molecule has 0 amide bonds. The van der Waals surface area contributed by atoms with E-state index in [0.717, 1.165) is 10.6 Å². The number of hydrogen-bond donors (Lipinski definition) is 0. The molecule has 0 fully saturated rings. The van der Waals surface area contributed by atoms with Crippen LogP contribution in [0.3, 0.4) is 0 Å². The maximum Gasteiger partial charge on any atom is 0.257 e. The van der Waals surface area contributed by atoms with Gasteiger partial charge in [-0.25, -0.2) is 0 Å². The molecule has 1 aromatic carbocycles. The molecule has 0 unspecified atom stereocenters. The Morgan fingerprint density at radius 2 is 1.96 bits per heavy atom. The average Bonchev–Trinajstić information content (AvgIpc) is 3.40. The molecule has 3 aromatic heterocycles. The second kappa shape index (κ2) is 7.38. The summed E-state index contributed by atoms with van der Waals surface area (Å²) in [5.74, 6) is 2.08. The van der Waals surface area contributed by atoms with Crippen molar-refractivity contribution >= 4 is 23.1 Å². The molecule has 0 aliphatic heterocycles. The number of nitrogens with zero attached hydrogens (tertiary/aromatic N) is 6. The second-order valence-corrected chi connectivity index (χ2v) is 7.78. The average molecular weight is 384 g/mol. The van der Waals surface area contributed by atoms with Gasteiger partial charge in [-0.05, 0) is 45.5 Å². The molecule has 4 aromatic rings. The van der Waals surface area contributed by atoms with Crippen LogP contribution < -0.4 is 0 Å². The van der Waals surface area contributed by atoms with Crippen LogP contribution in [-0.4, -0.2) is 30.4 Å². The van der Waals surface area contributed by atoms with E-state index in [1.807, 2.05) is 29.6 Å². The van der Waals surface area contributed by atoms with Crippen molar-refractivity contribution in [3.63, 3.8) is 0 Å². The summed E-state index contributed by atoms with van der Waals surface area (Å²) in [5.41, 5.74) is 2.20. The molecule has 0 N–H and O–H groups in total. The monoisotopic (exact) mass is 384 g/mol. The second-order valence-electron chi connectivity index (χ2n) is 5.89. The van der Waals surface area contributed by atoms with Crippen LogP contribution in [0, 0.1) is 0 Å². The molecule has 0 bridgehead atoms. The minimum Gasteiger partial charge on any atom is -0.419 e. The molecular weight excluding hydrogens is 368 g/mol. The fourth-order valence-corrected chi connectivity index (χ4v) is 3.74. The number of benzene rings is 1. The van der Waals surface area contributed by atoms with Gasteiger partial charge in [0.1, 0.15) is 0 Å². The van der Waals surface area contributed by atoms with Crippen molar-refractivity contribution in [2.75, 3.05) is 0 Å². The van der Waals surface area contributed by atoms with Crippen LogP contribution in [0.25, 0.3) is 16.5 Å². The Morgan fingerprint density at radius 3 is 2.69 bits per heavy atom. The van der Waals surface area contributed by atoms with Crippen molar-refractivity contribution < 1.29 is 4.42 Å². The molecule has 0 radical (unpaired) electrons. The topological polar surface area (TPSA) is 82.5 Å². The summed E-state index contributed by atoms with van der Waals surface area (Å²) in [6.45, 7) is 4.34. The van der Waals surface area contributed by atoms with Gasteiger partial charge in [-0.1, -0.05) is 43.8 Å². The lowest BCUT2D eigenvalue weighted by Gasteiger charge is -2.07. The zero-order valence-electron chi connectivity index (χ0n) is 14.2. The smallest absolute Gasteiger partial charge is 0.257 e. The predicted octanol–water partition coefficient (Wildman–Crippen LogP) is 4.19. The summed E-state index contributed by atoms with van der Waals surface area (Å²) in [6, 6.07) is 12.2. The standard InChI is InChI=1S/C17H16N6OS2/c1-11(2)12-5-7-13(8-6-12)23-17(20-21-22-23)26-10-15-18-19-16(24-15)14-4-3-9-25-14/h3-9,11H,10H2,1-2H3. The van der Waals surface area contributed by atoms with Crippen LogP contribution in [-0.2, 0) is 5.75 Å². The van der Waals surface area contributed by atoms with E-state index in [9.17, 15) is 0 Å². The van der Waals surface area contributed by atoms with Crippen molar-refractivity contribution in [3.8, 4) is 16.5 Å². The van der Waals surface area contributed by atoms with Crippen molar-refractivity contribution in [1.29, 1.82) is 0 Å². The summed E-state index contributed by atoms with van der Waals surface area (Å²) in [4.78, 5) is 0.962. The molecule has 7 nitrogen and oxygen atoms in total. The first-order chi connectivity index (χ1) is 12.7. The van der Waals surface area contributed by atoms with Crippen molar-refractivity contribution in [2.45, 2.75) is 30.7 Å². The van der Waals surface area contributed by atoms with Gasteiger partial charge in [-0.15, -0.1) is 26.6 Å². The summed E-state index contributed by atoms with van der Waals surface area (Å²) < 4.78 is 7.42. The Kier molecular flexibility index (Phi) is 4.81. The van der Waals surface area contributed by atoms with Crippen LogP contribution in [0.5, 0.6) is 0 Å². The quantitative estimate of drug-likeness (QED) is 0.461. The van der Waals surface area contributed by atoms with Crippen molar-refractivity contribution in [2.24, 2.45) is 0 Å². The lowest BCUT2D eigenvalue weighted by molar-refractivity contribution is 0.529. The minimum absolute atomic E-state index is 0.488. The highest BCUT2D eigenvalue weighted by Gasteiger charge is 2.14. The van der Waals surface area contributed by atoms with E-state index in [4.69, 9.17) is 4.42 Å². The molecule has 0 atom stereocenters. The molecule has 0 aliphatic carbocycles. The van der Waals surface area contributed by atoms with Gasteiger partial charge in [-0.2, -0.15) is 4.68 Å². The minimum atomic E-state index is 0.488. The first kappa shape index (κ1) is 16.9. The van der Waals surface area contributed by atoms with Crippen LogP contribution in [0.4, 0.5) is 0 Å². The third-order valence-corrected chi connectivity index (χ3v) is 5.53. The number of hydrogen-bond acceptors (Lipinski definition) is 8. The zero-order valence-corrected chi connectivity index (χ0v) is 15.9. The van der Waals surface area contributed by atoms with E-state index in [2.05, 4.69) is 51.7 Å². The van der Waals surface area contributed by atoms with Gasteiger partial charge in [0.05, 0.1) is 16.3 Å². The lowest BCUT2D eigenvalue weighted by atomic mass is 10.0. The third kappa shape index (κ3) is 3.54. The molecule has 0 spiro atoms. The van der Waals surface area contributed by atoms with Crippen molar-refractivity contribution in [3.05, 3.63) is 53.2 Å². The highest BCUT2D eigenvalue weighted by atomic mass is 32.2. The van der Waals surface area contributed by atoms with E-state index in [1.54, 1.807) is 16.0 Å². The highest BCUT2D eigenvalue weighted by molar-refractivity contribution is 7.98. The Bertz CT molecular complexity index is 975. The number of thioether (sulfide) groups is 1. The normalized spacial score (nSPS) is 11.3. The van der Waals surface area contributed by atoms with Gasteiger partial charge < -0.3 is 4.42 Å². The van der Waals surface area contributed by atoms with Gasteiger partial charge >= 0.3 is 0 Å². The summed E-state index contributed by atoms with van der Waals surface area (Å²) in [5, 5.41) is 22.8. The molecule has 0 saturated carbocycles. The number of tetrazole rings is 1. The molecule has 0 aliphatic rings. The predicted molar refractivity (Wildman–Crippen MR) is 100 cm³/mol. The van der Waals surface area contributed by atoms with E-state index in [-0.39, 0.29) is 0 Å². The molecular formula is C17H16N6OS2.